The van der Waals surface area contributed by atoms with Crippen molar-refractivity contribution >= 4 is 10.1 Å². The highest BCUT2D eigenvalue weighted by molar-refractivity contribution is 7.87. The predicted molar refractivity (Wildman–Crippen MR) is 76.4 cm³/mol. The lowest BCUT2D eigenvalue weighted by Gasteiger charge is -2.18. The van der Waals surface area contributed by atoms with Crippen molar-refractivity contribution in [3.8, 4) is 5.88 Å². The molecule has 0 bridgehead atoms. The molecule has 0 spiro atoms. The molecule has 0 radical (unpaired) electrons. The fourth-order valence-electron chi connectivity index (χ4n) is 2.18. The number of aryl methyl sites for hydroxylation is 1. The van der Waals surface area contributed by atoms with E-state index in [9.17, 15) is 8.42 Å². The Morgan fingerprint density at radius 3 is 2.71 bits per heavy atom. The van der Waals surface area contributed by atoms with Crippen LogP contribution in [0.1, 0.15) is 16.8 Å². The number of benzene rings is 1. The van der Waals surface area contributed by atoms with Crippen LogP contribution in [0.2, 0.25) is 0 Å². The first-order valence-electron chi connectivity index (χ1n) is 6.61. The second kappa shape index (κ2) is 5.42. The molecule has 21 heavy (non-hydrogen) atoms. The van der Waals surface area contributed by atoms with Gasteiger partial charge in [0.2, 0.25) is 5.88 Å². The van der Waals surface area contributed by atoms with E-state index >= 15 is 0 Å². The van der Waals surface area contributed by atoms with Crippen molar-refractivity contribution in [2.24, 2.45) is 0 Å². The largest absolute Gasteiger partial charge is 0.358 e. The fraction of sp³-hybridized carbons (Fsp3) is 0.286. The van der Waals surface area contributed by atoms with Crippen LogP contribution in [0.4, 0.5) is 0 Å². The molecule has 0 aliphatic carbocycles. The first-order valence-corrected chi connectivity index (χ1v) is 8.02. The third kappa shape index (κ3) is 2.88. The minimum Gasteiger partial charge on any atom is -0.358 e. The second-order valence-corrected chi connectivity index (χ2v) is 6.43. The van der Waals surface area contributed by atoms with Gasteiger partial charge in [-0.2, -0.15) is 8.42 Å². The zero-order valence-corrected chi connectivity index (χ0v) is 12.4. The first-order chi connectivity index (χ1) is 10.1. The Morgan fingerprint density at radius 2 is 1.95 bits per heavy atom. The Bertz CT molecular complexity index is 758. The molecule has 6 nitrogen and oxygen atoms in total. The third-order valence-electron chi connectivity index (χ3n) is 3.34. The Hall–Kier alpha value is -1.99. The normalized spacial score (nSPS) is 14.5. The average Bonchev–Trinajstić information content (AvgIpc) is 2.48. The van der Waals surface area contributed by atoms with Gasteiger partial charge in [0.15, 0.2) is 0 Å². The van der Waals surface area contributed by atoms with Crippen LogP contribution in [0.5, 0.6) is 5.88 Å². The molecule has 0 saturated heterocycles. The first kappa shape index (κ1) is 14.0. The Balaban J connectivity index is 1.94. The van der Waals surface area contributed by atoms with Crippen LogP contribution in [0.3, 0.4) is 0 Å². The number of hydrogen-bond donors (Lipinski definition) is 1. The minimum absolute atomic E-state index is 0.120. The van der Waals surface area contributed by atoms with Gasteiger partial charge in [0.05, 0.1) is 5.69 Å². The smallest absolute Gasteiger partial charge is 0.340 e. The highest BCUT2D eigenvalue weighted by atomic mass is 32.2. The summed E-state index contributed by atoms with van der Waals surface area (Å²) in [4.78, 5) is 8.25. The average molecular weight is 305 g/mol. The zero-order valence-electron chi connectivity index (χ0n) is 11.5. The molecule has 1 aromatic carbocycles. The van der Waals surface area contributed by atoms with Gasteiger partial charge < -0.3 is 9.50 Å². The summed E-state index contributed by atoms with van der Waals surface area (Å²) in [6.07, 6.45) is 1.97. The molecule has 1 aliphatic heterocycles. The molecule has 7 heteroatoms. The maximum Gasteiger partial charge on any atom is 0.340 e. The SMILES string of the molecule is Cc1ccc(S(=O)(=O)Oc2ncnc3c2CCNC3)cc1. The van der Waals surface area contributed by atoms with E-state index in [4.69, 9.17) is 4.18 Å². The second-order valence-electron chi connectivity index (χ2n) is 4.88. The summed E-state index contributed by atoms with van der Waals surface area (Å²) in [6, 6.07) is 6.52. The summed E-state index contributed by atoms with van der Waals surface area (Å²) in [6.45, 7) is 3.24. The Morgan fingerprint density at radius 1 is 1.19 bits per heavy atom. The van der Waals surface area contributed by atoms with Crippen molar-refractivity contribution in [3.05, 3.63) is 47.4 Å². The van der Waals surface area contributed by atoms with Gasteiger partial charge in [-0.05, 0) is 32.0 Å². The monoisotopic (exact) mass is 305 g/mol. The Kier molecular flexibility index (Phi) is 3.60. The van der Waals surface area contributed by atoms with Gasteiger partial charge in [-0.25, -0.2) is 9.97 Å². The number of aromatic nitrogens is 2. The van der Waals surface area contributed by atoms with Crippen molar-refractivity contribution in [2.45, 2.75) is 24.8 Å². The number of nitrogens with zero attached hydrogens (tertiary/aromatic N) is 2. The molecule has 2 heterocycles. The standard InChI is InChI=1S/C14H15N3O3S/c1-10-2-4-11(5-3-10)21(18,19)20-14-12-6-7-15-8-13(12)16-9-17-14/h2-5,9,15H,6-8H2,1H3. The molecule has 1 aliphatic rings. The van der Waals surface area contributed by atoms with E-state index in [0.29, 0.717) is 13.0 Å². The van der Waals surface area contributed by atoms with E-state index in [1.165, 1.54) is 18.5 Å². The maximum atomic E-state index is 12.3. The van der Waals surface area contributed by atoms with Crippen molar-refractivity contribution in [1.82, 2.24) is 15.3 Å². The molecule has 0 amide bonds. The lowest BCUT2D eigenvalue weighted by atomic mass is 10.1. The number of rotatable bonds is 3. The van der Waals surface area contributed by atoms with Gasteiger partial charge in [0.25, 0.3) is 0 Å². The molecular weight excluding hydrogens is 290 g/mol. The highest BCUT2D eigenvalue weighted by Crippen LogP contribution is 2.24. The quantitative estimate of drug-likeness (QED) is 0.858. The summed E-state index contributed by atoms with van der Waals surface area (Å²) in [5, 5.41) is 3.17. The van der Waals surface area contributed by atoms with E-state index in [0.717, 1.165) is 23.4 Å². The lowest BCUT2D eigenvalue weighted by molar-refractivity contribution is 0.465. The van der Waals surface area contributed by atoms with E-state index in [1.807, 2.05) is 6.92 Å². The molecule has 0 fully saturated rings. The lowest BCUT2D eigenvalue weighted by Crippen LogP contribution is -2.26. The fourth-order valence-corrected chi connectivity index (χ4v) is 3.10. The van der Waals surface area contributed by atoms with E-state index in [-0.39, 0.29) is 10.8 Å². The molecule has 0 unspecified atom stereocenters. The van der Waals surface area contributed by atoms with E-state index in [1.54, 1.807) is 12.1 Å². The summed E-state index contributed by atoms with van der Waals surface area (Å²) in [7, 11) is -3.87. The third-order valence-corrected chi connectivity index (χ3v) is 4.56. The van der Waals surface area contributed by atoms with Crippen LogP contribution in [-0.2, 0) is 23.1 Å². The van der Waals surface area contributed by atoms with Crippen LogP contribution in [0, 0.1) is 6.92 Å². The van der Waals surface area contributed by atoms with E-state index in [2.05, 4.69) is 15.3 Å². The molecule has 1 aromatic heterocycles. The summed E-state index contributed by atoms with van der Waals surface area (Å²) < 4.78 is 29.8. The van der Waals surface area contributed by atoms with Crippen LogP contribution in [-0.4, -0.2) is 24.9 Å². The number of hydrogen-bond acceptors (Lipinski definition) is 6. The topological polar surface area (TPSA) is 81.2 Å². The molecule has 0 atom stereocenters. The molecule has 3 rings (SSSR count). The van der Waals surface area contributed by atoms with Crippen molar-refractivity contribution < 1.29 is 12.6 Å². The van der Waals surface area contributed by atoms with Gasteiger partial charge in [-0.15, -0.1) is 0 Å². The van der Waals surface area contributed by atoms with Gasteiger partial charge in [-0.3, -0.25) is 0 Å². The highest BCUT2D eigenvalue weighted by Gasteiger charge is 2.22. The van der Waals surface area contributed by atoms with Crippen molar-refractivity contribution in [3.63, 3.8) is 0 Å². The maximum absolute atomic E-state index is 12.3. The molecule has 1 N–H and O–H groups in total. The van der Waals surface area contributed by atoms with Crippen LogP contribution >= 0.6 is 0 Å². The molecule has 0 saturated carbocycles. The zero-order chi connectivity index (χ0) is 14.9. The summed E-state index contributed by atoms with van der Waals surface area (Å²) in [5.41, 5.74) is 2.52. The van der Waals surface area contributed by atoms with Crippen LogP contribution in [0.25, 0.3) is 0 Å². The molecule has 2 aromatic rings. The van der Waals surface area contributed by atoms with Gasteiger partial charge >= 0.3 is 10.1 Å². The number of fused-ring (bicyclic) bond motifs is 1. The predicted octanol–water partition coefficient (Wildman–Crippen LogP) is 1.20. The minimum atomic E-state index is -3.87. The van der Waals surface area contributed by atoms with Gasteiger partial charge in [-0.1, -0.05) is 17.7 Å². The Labute approximate surface area is 123 Å². The van der Waals surface area contributed by atoms with Crippen LogP contribution in [0.15, 0.2) is 35.5 Å². The molecular formula is C14H15N3O3S. The summed E-state index contributed by atoms with van der Waals surface area (Å²) in [5.74, 6) is 0.127. The molecule has 110 valence electrons. The number of nitrogens with one attached hydrogen (secondary N) is 1. The summed E-state index contributed by atoms with van der Waals surface area (Å²) >= 11 is 0. The van der Waals surface area contributed by atoms with E-state index < -0.39 is 10.1 Å². The van der Waals surface area contributed by atoms with Crippen molar-refractivity contribution in [1.29, 1.82) is 0 Å². The van der Waals surface area contributed by atoms with Crippen molar-refractivity contribution in [2.75, 3.05) is 6.54 Å². The van der Waals surface area contributed by atoms with Gasteiger partial charge in [0.1, 0.15) is 11.2 Å². The van der Waals surface area contributed by atoms with Crippen LogP contribution < -0.4 is 9.50 Å². The van der Waals surface area contributed by atoms with Gasteiger partial charge in [0, 0.05) is 12.1 Å².